The first-order valence-electron chi connectivity index (χ1n) is 9.60. The van der Waals surface area contributed by atoms with E-state index < -0.39 is 11.2 Å². The van der Waals surface area contributed by atoms with Gasteiger partial charge >= 0.3 is 5.69 Å². The predicted octanol–water partition coefficient (Wildman–Crippen LogP) is 5.23. The second kappa shape index (κ2) is 9.82. The van der Waals surface area contributed by atoms with Crippen LogP contribution in [0.25, 0.3) is 10.9 Å². The Kier molecular flexibility index (Phi) is 6.88. The van der Waals surface area contributed by atoms with Crippen LogP contribution in [0.3, 0.4) is 0 Å². The molecule has 10 heteroatoms. The highest BCUT2D eigenvalue weighted by molar-refractivity contribution is 9.10. The Hall–Kier alpha value is -3.07. The molecule has 0 aliphatic carbocycles. The Labute approximate surface area is 206 Å². The van der Waals surface area contributed by atoms with Crippen LogP contribution in [0.1, 0.15) is 11.1 Å². The summed E-state index contributed by atoms with van der Waals surface area (Å²) in [4.78, 5) is 27.7. The van der Waals surface area contributed by atoms with E-state index in [2.05, 4.69) is 26.0 Å². The molecule has 33 heavy (non-hydrogen) atoms. The van der Waals surface area contributed by atoms with Crippen LogP contribution >= 0.6 is 39.1 Å². The number of nitrogens with one attached hydrogen (secondary N) is 1. The van der Waals surface area contributed by atoms with Crippen molar-refractivity contribution in [3.05, 3.63) is 101 Å². The second-order valence-electron chi connectivity index (χ2n) is 6.88. The summed E-state index contributed by atoms with van der Waals surface area (Å²) in [5.74, 6) is 0.692. The van der Waals surface area contributed by atoms with E-state index in [1.165, 1.54) is 13.3 Å². The van der Waals surface area contributed by atoms with Gasteiger partial charge in [0, 0.05) is 15.1 Å². The predicted molar refractivity (Wildman–Crippen MR) is 133 cm³/mol. The van der Waals surface area contributed by atoms with Crippen LogP contribution in [-0.2, 0) is 6.61 Å². The first kappa shape index (κ1) is 23.1. The maximum atomic E-state index is 12.7. The molecule has 1 heterocycles. The number of hydrogen-bond donors (Lipinski definition) is 1. The van der Waals surface area contributed by atoms with E-state index in [1.54, 1.807) is 42.5 Å². The monoisotopic (exact) mass is 547 g/mol. The molecule has 4 rings (SSSR count). The highest BCUT2D eigenvalue weighted by atomic mass is 79.9. The Morgan fingerprint density at radius 2 is 1.85 bits per heavy atom. The maximum absolute atomic E-state index is 12.7. The van der Waals surface area contributed by atoms with Crippen molar-refractivity contribution >= 4 is 56.2 Å². The summed E-state index contributed by atoms with van der Waals surface area (Å²) in [6.07, 6.45) is 1.34. The summed E-state index contributed by atoms with van der Waals surface area (Å²) in [5.41, 5.74) is 0.617. The van der Waals surface area contributed by atoms with Gasteiger partial charge in [-0.15, -0.1) is 4.68 Å². The number of H-pyrrole nitrogens is 1. The van der Waals surface area contributed by atoms with E-state index in [-0.39, 0.29) is 11.6 Å². The molecule has 0 fully saturated rings. The molecule has 0 amide bonds. The Morgan fingerprint density at radius 1 is 1.12 bits per heavy atom. The van der Waals surface area contributed by atoms with Gasteiger partial charge in [-0.25, -0.2) is 4.79 Å². The van der Waals surface area contributed by atoms with Gasteiger partial charge in [-0.05, 0) is 51.8 Å². The molecule has 0 aliphatic rings. The van der Waals surface area contributed by atoms with E-state index in [9.17, 15) is 9.59 Å². The average Bonchev–Trinajstić information content (AvgIpc) is 2.81. The van der Waals surface area contributed by atoms with Crippen molar-refractivity contribution in [2.45, 2.75) is 6.61 Å². The minimum Gasteiger partial charge on any atom is -0.493 e. The molecule has 7 nitrogen and oxygen atoms in total. The molecule has 0 atom stereocenters. The van der Waals surface area contributed by atoms with Crippen LogP contribution in [0.5, 0.6) is 11.5 Å². The van der Waals surface area contributed by atoms with Gasteiger partial charge in [-0.3, -0.25) is 4.79 Å². The van der Waals surface area contributed by atoms with Gasteiger partial charge < -0.3 is 14.5 Å². The SMILES string of the molecule is COc1cc(C=Nn2c(=O)[nH]c3ccccc3c2=O)c(Br)c(Cl)c1OCc1ccc(Cl)cc1. The zero-order valence-electron chi connectivity index (χ0n) is 17.1. The first-order chi connectivity index (χ1) is 15.9. The molecule has 0 radical (unpaired) electrons. The number of halogens is 3. The van der Waals surface area contributed by atoms with Gasteiger partial charge in [0.25, 0.3) is 5.56 Å². The number of hydrogen-bond acceptors (Lipinski definition) is 5. The molecule has 0 aliphatic heterocycles. The fourth-order valence-corrected chi connectivity index (χ4v) is 3.88. The van der Waals surface area contributed by atoms with Gasteiger partial charge in [0.15, 0.2) is 11.5 Å². The third-order valence-corrected chi connectivity index (χ3v) is 6.46. The summed E-state index contributed by atoms with van der Waals surface area (Å²) in [6.45, 7) is 0.245. The number of nitrogens with zero attached hydrogens (tertiary/aromatic N) is 2. The molecule has 0 saturated heterocycles. The van der Waals surface area contributed by atoms with Gasteiger partial charge in [0.05, 0.1) is 24.2 Å². The number of fused-ring (bicyclic) bond motifs is 1. The fourth-order valence-electron chi connectivity index (χ4n) is 3.10. The summed E-state index contributed by atoms with van der Waals surface area (Å²) in [6, 6.07) is 15.6. The van der Waals surface area contributed by atoms with Gasteiger partial charge in [0.1, 0.15) is 11.6 Å². The lowest BCUT2D eigenvalue weighted by Crippen LogP contribution is -2.32. The van der Waals surface area contributed by atoms with Crippen LogP contribution in [-0.4, -0.2) is 23.0 Å². The summed E-state index contributed by atoms with van der Waals surface area (Å²) in [7, 11) is 1.48. The van der Waals surface area contributed by atoms with Crippen LogP contribution in [0.2, 0.25) is 10.0 Å². The average molecular weight is 549 g/mol. The molecule has 0 spiro atoms. The number of ether oxygens (including phenoxy) is 2. The normalized spacial score (nSPS) is 11.3. The smallest absolute Gasteiger partial charge is 0.349 e. The van der Waals surface area contributed by atoms with Crippen LogP contribution < -0.4 is 20.7 Å². The number of aromatic amines is 1. The lowest BCUT2D eigenvalue weighted by atomic mass is 10.2. The highest BCUT2D eigenvalue weighted by Crippen LogP contribution is 2.42. The molecule has 1 aromatic heterocycles. The van der Waals surface area contributed by atoms with E-state index in [0.717, 1.165) is 10.2 Å². The lowest BCUT2D eigenvalue weighted by Gasteiger charge is -2.15. The number of benzene rings is 3. The number of rotatable bonds is 6. The highest BCUT2D eigenvalue weighted by Gasteiger charge is 2.17. The third-order valence-electron chi connectivity index (χ3n) is 4.77. The van der Waals surface area contributed by atoms with E-state index in [0.29, 0.717) is 37.5 Å². The van der Waals surface area contributed by atoms with Crippen molar-refractivity contribution in [1.29, 1.82) is 0 Å². The van der Waals surface area contributed by atoms with Crippen molar-refractivity contribution in [1.82, 2.24) is 9.66 Å². The topological polar surface area (TPSA) is 85.7 Å². The Morgan fingerprint density at radius 3 is 2.58 bits per heavy atom. The third kappa shape index (κ3) is 4.83. The Balaban J connectivity index is 1.68. The van der Waals surface area contributed by atoms with Gasteiger partial charge in [-0.1, -0.05) is 47.5 Å². The van der Waals surface area contributed by atoms with Crippen molar-refractivity contribution in [2.75, 3.05) is 7.11 Å². The van der Waals surface area contributed by atoms with Crippen LogP contribution in [0, 0.1) is 0 Å². The fraction of sp³-hybridized carbons (Fsp3) is 0.0870. The molecule has 1 N–H and O–H groups in total. The Bertz CT molecular complexity index is 1480. The van der Waals surface area contributed by atoms with Crippen molar-refractivity contribution < 1.29 is 9.47 Å². The molecule has 4 aromatic rings. The summed E-state index contributed by atoms with van der Waals surface area (Å²) < 4.78 is 12.5. The number of aromatic nitrogens is 2. The van der Waals surface area contributed by atoms with Gasteiger partial charge in [-0.2, -0.15) is 5.10 Å². The van der Waals surface area contributed by atoms with Crippen LogP contribution in [0.4, 0.5) is 0 Å². The molecular formula is C23H16BrCl2N3O4. The maximum Gasteiger partial charge on any atom is 0.349 e. The van der Waals surface area contributed by atoms with Crippen molar-refractivity contribution in [2.24, 2.45) is 5.10 Å². The second-order valence-corrected chi connectivity index (χ2v) is 8.48. The minimum atomic E-state index is -0.660. The van der Waals surface area contributed by atoms with Gasteiger partial charge in [0.2, 0.25) is 0 Å². The minimum absolute atomic E-state index is 0.245. The number of para-hydroxylation sites is 1. The molecule has 0 bridgehead atoms. The molecular weight excluding hydrogens is 533 g/mol. The molecule has 0 saturated carbocycles. The lowest BCUT2D eigenvalue weighted by molar-refractivity contribution is 0.284. The van der Waals surface area contributed by atoms with Crippen LogP contribution in [0.15, 0.2) is 73.8 Å². The zero-order valence-corrected chi connectivity index (χ0v) is 20.2. The molecule has 168 valence electrons. The molecule has 3 aromatic carbocycles. The number of methoxy groups -OCH3 is 1. The first-order valence-corrected chi connectivity index (χ1v) is 11.2. The largest absolute Gasteiger partial charge is 0.493 e. The standard InChI is InChI=1S/C23H16BrCl2N3O4/c1-32-18-10-14(11-27-29-22(30)16-4-2-3-5-17(16)28-23(29)31)19(24)20(26)21(18)33-12-13-6-8-15(25)9-7-13/h2-11H,12H2,1H3,(H,28,31). The van der Waals surface area contributed by atoms with E-state index in [1.807, 2.05) is 12.1 Å². The zero-order chi connectivity index (χ0) is 23.5. The summed E-state index contributed by atoms with van der Waals surface area (Å²) in [5, 5.41) is 5.30. The van der Waals surface area contributed by atoms with Crippen molar-refractivity contribution in [3.63, 3.8) is 0 Å². The molecule has 0 unspecified atom stereocenters. The van der Waals surface area contributed by atoms with E-state index >= 15 is 0 Å². The summed E-state index contributed by atoms with van der Waals surface area (Å²) >= 11 is 15.9. The quantitative estimate of drug-likeness (QED) is 0.334. The van der Waals surface area contributed by atoms with E-state index in [4.69, 9.17) is 32.7 Å². The van der Waals surface area contributed by atoms with Crippen molar-refractivity contribution in [3.8, 4) is 11.5 Å².